The summed E-state index contributed by atoms with van der Waals surface area (Å²) in [4.78, 5) is 0.0935. The summed E-state index contributed by atoms with van der Waals surface area (Å²) in [6.45, 7) is 1.55. The highest BCUT2D eigenvalue weighted by Crippen LogP contribution is 2.11. The van der Waals surface area contributed by atoms with Gasteiger partial charge in [0.2, 0.25) is 25.8 Å². The lowest BCUT2D eigenvalue weighted by molar-refractivity contribution is 0.394. The van der Waals surface area contributed by atoms with Gasteiger partial charge in [0.05, 0.1) is 11.4 Å². The zero-order chi connectivity index (χ0) is 15.7. The van der Waals surface area contributed by atoms with Gasteiger partial charge in [-0.1, -0.05) is 22.8 Å². The van der Waals surface area contributed by atoms with Crippen molar-refractivity contribution < 1.29 is 21.3 Å². The Morgan fingerprint density at radius 1 is 1.10 bits per heavy atom. The van der Waals surface area contributed by atoms with Crippen LogP contribution in [0.2, 0.25) is 0 Å². The Kier molecular flexibility index (Phi) is 4.12. The Hall–Kier alpha value is -1.78. The van der Waals surface area contributed by atoms with Gasteiger partial charge in [-0.25, -0.2) is 21.6 Å². The minimum absolute atomic E-state index is 0.0935. The van der Waals surface area contributed by atoms with Crippen LogP contribution in [0, 0.1) is 6.92 Å². The molecule has 1 aromatic heterocycles. The molecule has 0 spiro atoms. The van der Waals surface area contributed by atoms with E-state index in [0.29, 0.717) is 0 Å². The predicted molar refractivity (Wildman–Crippen MR) is 72.6 cm³/mol. The molecule has 0 aliphatic carbocycles. The molecule has 0 bridgehead atoms. The van der Waals surface area contributed by atoms with Crippen LogP contribution in [0.1, 0.15) is 11.5 Å². The SMILES string of the molecule is Cc1ccc(S(=O)(=O)NCc2nnc(S(C)(=O)=O)o2)cc1. The fourth-order valence-corrected chi connectivity index (χ4v) is 2.83. The van der Waals surface area contributed by atoms with Crippen LogP contribution in [-0.4, -0.2) is 33.3 Å². The molecule has 0 aliphatic heterocycles. The maximum absolute atomic E-state index is 12.0. The second-order valence-corrected chi connectivity index (χ2v) is 8.03. The van der Waals surface area contributed by atoms with Crippen molar-refractivity contribution in [3.8, 4) is 0 Å². The summed E-state index contributed by atoms with van der Waals surface area (Å²) in [7, 11) is -7.34. The maximum atomic E-state index is 12.0. The molecule has 0 unspecified atom stereocenters. The van der Waals surface area contributed by atoms with Crippen LogP contribution in [0.4, 0.5) is 0 Å². The van der Waals surface area contributed by atoms with E-state index in [1.54, 1.807) is 12.1 Å². The van der Waals surface area contributed by atoms with E-state index in [-0.39, 0.29) is 17.3 Å². The number of aromatic nitrogens is 2. The van der Waals surface area contributed by atoms with E-state index in [2.05, 4.69) is 14.9 Å². The minimum atomic E-state index is -3.73. The van der Waals surface area contributed by atoms with E-state index < -0.39 is 25.1 Å². The molecule has 2 rings (SSSR count). The molecule has 8 nitrogen and oxygen atoms in total. The van der Waals surface area contributed by atoms with E-state index >= 15 is 0 Å². The first-order chi connectivity index (χ1) is 9.68. The van der Waals surface area contributed by atoms with Gasteiger partial charge in [0.1, 0.15) is 0 Å². The number of hydrogen-bond donors (Lipinski definition) is 1. The molecule has 114 valence electrons. The van der Waals surface area contributed by atoms with Crippen LogP contribution in [-0.2, 0) is 26.4 Å². The van der Waals surface area contributed by atoms with Gasteiger partial charge in [-0.3, -0.25) is 0 Å². The molecule has 1 N–H and O–H groups in total. The van der Waals surface area contributed by atoms with Crippen LogP contribution in [0.3, 0.4) is 0 Å². The number of nitrogens with one attached hydrogen (secondary N) is 1. The fraction of sp³-hybridized carbons (Fsp3) is 0.273. The Morgan fingerprint density at radius 2 is 1.71 bits per heavy atom. The van der Waals surface area contributed by atoms with Gasteiger partial charge in [-0.15, -0.1) is 5.10 Å². The highest BCUT2D eigenvalue weighted by molar-refractivity contribution is 7.90. The third-order valence-corrected chi connectivity index (χ3v) is 4.73. The van der Waals surface area contributed by atoms with Crippen molar-refractivity contribution in [2.45, 2.75) is 23.6 Å². The van der Waals surface area contributed by atoms with Crippen LogP contribution < -0.4 is 4.72 Å². The third-order valence-electron chi connectivity index (χ3n) is 2.51. The maximum Gasteiger partial charge on any atom is 0.335 e. The van der Waals surface area contributed by atoms with Gasteiger partial charge in [0.25, 0.3) is 0 Å². The molecule has 0 fully saturated rings. The first-order valence-corrected chi connectivity index (χ1v) is 9.15. The second-order valence-electron chi connectivity index (χ2n) is 4.37. The van der Waals surface area contributed by atoms with Gasteiger partial charge in [0, 0.05) is 6.26 Å². The Bertz CT molecular complexity index is 838. The lowest BCUT2D eigenvalue weighted by Crippen LogP contribution is -2.23. The van der Waals surface area contributed by atoms with Crippen LogP contribution >= 0.6 is 0 Å². The number of benzene rings is 1. The van der Waals surface area contributed by atoms with Crippen molar-refractivity contribution in [3.63, 3.8) is 0 Å². The summed E-state index contributed by atoms with van der Waals surface area (Å²) in [5.74, 6) is -0.133. The molecule has 0 radical (unpaired) electrons. The zero-order valence-electron chi connectivity index (χ0n) is 11.3. The quantitative estimate of drug-likeness (QED) is 0.834. The van der Waals surface area contributed by atoms with Crippen molar-refractivity contribution in [3.05, 3.63) is 35.7 Å². The molecular formula is C11H13N3O5S2. The van der Waals surface area contributed by atoms with Crippen molar-refractivity contribution in [2.75, 3.05) is 6.26 Å². The van der Waals surface area contributed by atoms with Crippen molar-refractivity contribution in [2.24, 2.45) is 0 Å². The highest BCUT2D eigenvalue weighted by Gasteiger charge is 2.19. The summed E-state index contributed by atoms with van der Waals surface area (Å²) in [5, 5.41) is 6.25. The average molecular weight is 331 g/mol. The predicted octanol–water partition coefficient (Wildman–Crippen LogP) is 0.260. The number of hydrogen-bond acceptors (Lipinski definition) is 7. The zero-order valence-corrected chi connectivity index (χ0v) is 12.9. The van der Waals surface area contributed by atoms with E-state index in [4.69, 9.17) is 4.42 Å². The normalized spacial score (nSPS) is 12.5. The fourth-order valence-electron chi connectivity index (χ4n) is 1.42. The molecule has 0 aliphatic rings. The summed E-state index contributed by atoms with van der Waals surface area (Å²) in [5.41, 5.74) is 0.934. The largest absolute Gasteiger partial charge is 0.411 e. The van der Waals surface area contributed by atoms with E-state index in [9.17, 15) is 16.8 Å². The molecular weight excluding hydrogens is 318 g/mol. The molecule has 1 aromatic carbocycles. The highest BCUT2D eigenvalue weighted by atomic mass is 32.2. The van der Waals surface area contributed by atoms with Gasteiger partial charge in [0.15, 0.2) is 0 Å². The van der Waals surface area contributed by atoms with Crippen molar-refractivity contribution in [1.29, 1.82) is 0 Å². The number of sulfone groups is 1. The third kappa shape index (κ3) is 3.86. The van der Waals surface area contributed by atoms with E-state index in [1.165, 1.54) is 12.1 Å². The standard InChI is InChI=1S/C11H13N3O5S2/c1-8-3-5-9(6-4-8)21(17,18)12-7-10-13-14-11(19-10)20(2,15)16/h3-6,12H,7H2,1-2H3. The molecule has 10 heteroatoms. The van der Waals surface area contributed by atoms with Crippen LogP contribution in [0.15, 0.2) is 38.8 Å². The molecule has 1 heterocycles. The van der Waals surface area contributed by atoms with Gasteiger partial charge < -0.3 is 4.42 Å². The molecule has 0 saturated heterocycles. The second kappa shape index (κ2) is 5.54. The first kappa shape index (κ1) is 15.6. The summed E-state index contributed by atoms with van der Waals surface area (Å²) in [6.07, 6.45) is 0.917. The Morgan fingerprint density at radius 3 is 2.24 bits per heavy atom. The average Bonchev–Trinajstić information content (AvgIpc) is 2.86. The molecule has 0 saturated carbocycles. The van der Waals surface area contributed by atoms with E-state index in [0.717, 1.165) is 11.8 Å². The first-order valence-electron chi connectivity index (χ1n) is 5.77. The topological polar surface area (TPSA) is 119 Å². The number of nitrogens with zero attached hydrogens (tertiary/aromatic N) is 2. The smallest absolute Gasteiger partial charge is 0.335 e. The van der Waals surface area contributed by atoms with Crippen molar-refractivity contribution >= 4 is 19.9 Å². The van der Waals surface area contributed by atoms with Crippen LogP contribution in [0.5, 0.6) is 0 Å². The summed E-state index contributed by atoms with van der Waals surface area (Å²) in [6, 6.07) is 6.27. The summed E-state index contributed by atoms with van der Waals surface area (Å²) < 4.78 is 53.5. The van der Waals surface area contributed by atoms with Crippen LogP contribution in [0.25, 0.3) is 0 Å². The van der Waals surface area contributed by atoms with Crippen molar-refractivity contribution in [1.82, 2.24) is 14.9 Å². The number of sulfonamides is 1. The number of rotatable bonds is 5. The van der Waals surface area contributed by atoms with Gasteiger partial charge in [-0.05, 0) is 19.1 Å². The Labute approximate surface area is 122 Å². The summed E-state index contributed by atoms with van der Waals surface area (Å²) >= 11 is 0. The molecule has 0 atom stereocenters. The minimum Gasteiger partial charge on any atom is -0.411 e. The molecule has 2 aromatic rings. The lowest BCUT2D eigenvalue weighted by atomic mass is 10.2. The Balaban J connectivity index is 2.12. The molecule has 0 amide bonds. The number of aryl methyl sites for hydroxylation is 1. The van der Waals surface area contributed by atoms with E-state index in [1.807, 2.05) is 6.92 Å². The monoisotopic (exact) mass is 331 g/mol. The molecule has 21 heavy (non-hydrogen) atoms. The lowest BCUT2D eigenvalue weighted by Gasteiger charge is -2.04. The van der Waals surface area contributed by atoms with Gasteiger partial charge in [-0.2, -0.15) is 0 Å². The van der Waals surface area contributed by atoms with Gasteiger partial charge >= 0.3 is 5.22 Å².